The van der Waals surface area contributed by atoms with E-state index in [1.165, 1.54) is 12.8 Å². The van der Waals surface area contributed by atoms with Gasteiger partial charge in [0.25, 0.3) is 0 Å². The summed E-state index contributed by atoms with van der Waals surface area (Å²) in [6, 6.07) is 0. The molecule has 0 spiro atoms. The number of fused-ring (bicyclic) bond motifs is 1. The number of cyclic esters (lactones) is 1. The molecule has 5 rings (SSSR count). The van der Waals surface area contributed by atoms with Crippen LogP contribution in [0.3, 0.4) is 0 Å². The first kappa shape index (κ1) is 58.0. The molecule has 11 nitrogen and oxygen atoms in total. The highest BCUT2D eigenvalue weighted by Crippen LogP contribution is 2.48. The number of carbonyl (C=O) groups excluding carboxylic acids is 5. The second kappa shape index (κ2) is 22.8. The van der Waals surface area contributed by atoms with Gasteiger partial charge in [0.1, 0.15) is 11.7 Å². The van der Waals surface area contributed by atoms with Crippen LogP contribution in [0.5, 0.6) is 0 Å². The Kier molecular flexibility index (Phi) is 24.5. The molecule has 0 radical (unpaired) electrons. The zero-order valence-corrected chi connectivity index (χ0v) is 31.1. The summed E-state index contributed by atoms with van der Waals surface area (Å²) in [5.74, 6) is -0.952. The van der Waals surface area contributed by atoms with Crippen LogP contribution in [0.4, 0.5) is 0 Å². The quantitative estimate of drug-likeness (QED) is 0.155. The van der Waals surface area contributed by atoms with Crippen molar-refractivity contribution in [2.24, 2.45) is 28.1 Å². The van der Waals surface area contributed by atoms with Crippen molar-refractivity contribution in [3.63, 3.8) is 0 Å². The molecular formula is C43H84O11. The van der Waals surface area contributed by atoms with Gasteiger partial charge in [0, 0.05) is 6.42 Å². The molecule has 2 bridgehead atoms. The number of carbonyl (C=O) groups is 5. The highest BCUT2D eigenvalue weighted by Gasteiger charge is 2.65. The predicted octanol–water partition coefficient (Wildman–Crippen LogP) is 10.1. The van der Waals surface area contributed by atoms with Crippen molar-refractivity contribution in [3.8, 4) is 0 Å². The predicted molar refractivity (Wildman–Crippen MR) is 217 cm³/mol. The lowest BCUT2D eigenvalue weighted by molar-refractivity contribution is -0.175. The average molecular weight is 777 g/mol. The van der Waals surface area contributed by atoms with E-state index in [-0.39, 0.29) is 97.6 Å². The van der Waals surface area contributed by atoms with Crippen molar-refractivity contribution in [1.82, 2.24) is 0 Å². The van der Waals surface area contributed by atoms with E-state index in [4.69, 9.17) is 28.4 Å². The summed E-state index contributed by atoms with van der Waals surface area (Å²) in [6.07, 6.45) is 5.91. The molecule has 322 valence electrons. The monoisotopic (exact) mass is 777 g/mol. The Labute approximate surface area is 331 Å². The molecule has 4 aliphatic heterocycles. The first-order valence-corrected chi connectivity index (χ1v) is 17.9. The van der Waals surface area contributed by atoms with Crippen LogP contribution in [0.1, 0.15) is 179 Å². The molecule has 0 aromatic rings. The maximum atomic E-state index is 12.1. The van der Waals surface area contributed by atoms with E-state index in [9.17, 15) is 24.0 Å². The topological polar surface area (TPSA) is 141 Å². The Morgan fingerprint density at radius 2 is 1.19 bits per heavy atom. The second-order valence-corrected chi connectivity index (χ2v) is 16.1. The van der Waals surface area contributed by atoms with E-state index in [1.807, 2.05) is 48.5 Å². The van der Waals surface area contributed by atoms with Crippen molar-refractivity contribution < 1.29 is 52.4 Å². The number of rotatable bonds is 10. The average Bonchev–Trinajstić information content (AvgIpc) is 3.86. The fourth-order valence-electron chi connectivity index (χ4n) is 6.06. The summed E-state index contributed by atoms with van der Waals surface area (Å²) in [5.41, 5.74) is -1.55. The van der Waals surface area contributed by atoms with E-state index < -0.39 is 35.1 Å². The third kappa shape index (κ3) is 12.9. The molecule has 1 saturated carbocycles. The third-order valence-electron chi connectivity index (χ3n) is 11.3. The Morgan fingerprint density at radius 3 is 1.61 bits per heavy atom. The van der Waals surface area contributed by atoms with Crippen molar-refractivity contribution in [2.75, 3.05) is 6.61 Å². The van der Waals surface area contributed by atoms with Gasteiger partial charge in [-0.2, -0.15) is 0 Å². The number of hydrogen-bond acceptors (Lipinski definition) is 11. The van der Waals surface area contributed by atoms with Gasteiger partial charge >= 0.3 is 29.8 Å². The van der Waals surface area contributed by atoms with E-state index in [0.29, 0.717) is 38.2 Å². The van der Waals surface area contributed by atoms with Gasteiger partial charge < -0.3 is 28.4 Å². The molecule has 4 heterocycles. The van der Waals surface area contributed by atoms with Gasteiger partial charge in [0.2, 0.25) is 6.10 Å². The Balaban J connectivity index is -0.000000332. The molecule has 0 amide bonds. The summed E-state index contributed by atoms with van der Waals surface area (Å²) in [4.78, 5) is 58.3. The van der Waals surface area contributed by atoms with Gasteiger partial charge in [0.05, 0.1) is 34.9 Å². The molecule has 0 N–H and O–H groups in total. The summed E-state index contributed by atoms with van der Waals surface area (Å²) >= 11 is 0. The van der Waals surface area contributed by atoms with Crippen LogP contribution in [-0.4, -0.2) is 72.6 Å². The molecule has 0 aromatic carbocycles. The van der Waals surface area contributed by atoms with Gasteiger partial charge in [-0.05, 0) is 98.8 Å². The third-order valence-corrected chi connectivity index (χ3v) is 11.3. The Morgan fingerprint density at radius 1 is 0.722 bits per heavy atom. The van der Waals surface area contributed by atoms with Crippen LogP contribution in [0, 0.1) is 28.1 Å². The van der Waals surface area contributed by atoms with Crippen molar-refractivity contribution in [3.05, 3.63) is 0 Å². The molecular weight excluding hydrogens is 692 g/mol. The lowest BCUT2D eigenvalue weighted by atomic mass is 9.86. The van der Waals surface area contributed by atoms with Crippen LogP contribution in [-0.2, 0) is 52.4 Å². The lowest BCUT2D eigenvalue weighted by Crippen LogP contribution is -2.42. The number of esters is 5. The smallest absolute Gasteiger partial charge is 0.347 e. The minimum absolute atomic E-state index is 0. The summed E-state index contributed by atoms with van der Waals surface area (Å²) in [7, 11) is 0. The normalized spacial score (nSPS) is 25.3. The number of ether oxygens (including phenoxy) is 6. The summed E-state index contributed by atoms with van der Waals surface area (Å²) in [6.45, 7) is 21.8. The molecule has 4 saturated heterocycles. The first-order chi connectivity index (χ1) is 22.2. The van der Waals surface area contributed by atoms with Crippen LogP contribution in [0.15, 0.2) is 0 Å². The lowest BCUT2D eigenvalue weighted by Gasteiger charge is -2.36. The van der Waals surface area contributed by atoms with Crippen molar-refractivity contribution >= 4 is 29.8 Å². The zero-order chi connectivity index (χ0) is 36.2. The zero-order valence-electron chi connectivity index (χ0n) is 31.1. The van der Waals surface area contributed by atoms with E-state index in [1.54, 1.807) is 13.8 Å². The van der Waals surface area contributed by atoms with E-state index in [0.717, 1.165) is 19.3 Å². The fraction of sp³-hybridized carbons (Fsp3) is 0.884. The van der Waals surface area contributed by atoms with Gasteiger partial charge in [-0.15, -0.1) is 0 Å². The van der Waals surface area contributed by atoms with Gasteiger partial charge in [-0.1, -0.05) is 79.2 Å². The van der Waals surface area contributed by atoms with E-state index in [2.05, 4.69) is 13.8 Å². The molecule has 5 aliphatic rings. The molecule has 1 aliphatic carbocycles. The Hall–Kier alpha value is -2.69. The first-order valence-electron chi connectivity index (χ1n) is 17.9. The second-order valence-electron chi connectivity index (χ2n) is 16.1. The largest absolute Gasteiger partial charge is 0.463 e. The molecule has 0 aromatic heterocycles. The maximum Gasteiger partial charge on any atom is 0.347 e. The molecule has 11 heteroatoms. The molecule has 6 unspecified atom stereocenters. The highest BCUT2D eigenvalue weighted by atomic mass is 16.7. The highest BCUT2D eigenvalue weighted by molar-refractivity contribution is 5.83. The van der Waals surface area contributed by atoms with Crippen LogP contribution >= 0.6 is 0 Å². The van der Waals surface area contributed by atoms with Crippen molar-refractivity contribution in [1.29, 1.82) is 0 Å². The summed E-state index contributed by atoms with van der Waals surface area (Å²) < 4.78 is 32.1. The van der Waals surface area contributed by atoms with E-state index >= 15 is 0 Å². The summed E-state index contributed by atoms with van der Waals surface area (Å²) in [5, 5.41) is 0. The Bertz CT molecular complexity index is 1180. The molecule has 6 atom stereocenters. The maximum absolute atomic E-state index is 12.1. The number of hydrogen-bond donors (Lipinski definition) is 0. The fourth-order valence-corrected chi connectivity index (χ4v) is 6.06. The molecule has 54 heavy (non-hydrogen) atoms. The van der Waals surface area contributed by atoms with Crippen LogP contribution < -0.4 is 0 Å². The SMILES string of the molecule is C.C.C.C.C.C.CCC(C)(C)C(=O)OC1(C(C)C)CCCC1.CCC(C)(C)C(=O)OC1C2CC3C(=O)OC1C3O2.CCC(C)(C)C(=O)OC1CCOC1=O. The van der Waals surface area contributed by atoms with Gasteiger partial charge in [-0.25, -0.2) is 4.79 Å². The van der Waals surface area contributed by atoms with Crippen LogP contribution in [0.2, 0.25) is 0 Å². The van der Waals surface area contributed by atoms with Gasteiger partial charge in [-0.3, -0.25) is 19.2 Å². The van der Waals surface area contributed by atoms with Crippen molar-refractivity contribution in [2.45, 2.75) is 215 Å². The standard InChI is InChI=1S/C14H26O2.C13H18O5.C10H16O4.6CH4/c1-6-13(4,5)12(15)16-14(11(2)3)9-7-8-10-14;1-4-13(2,3)12(15)18-9-7-5-6-8(16-7)10(9)17-11(6)14;1-4-10(2,3)9(12)14-7-5-6-13-8(7)11;;;;;;/h11H,6-10H2,1-5H3;6-10H,4-5H2,1-3H3;7H,4-6H2,1-3H3;6*1H4. The minimum atomic E-state index is -0.687. The van der Waals surface area contributed by atoms with Gasteiger partial charge in [0.15, 0.2) is 12.2 Å². The van der Waals surface area contributed by atoms with Crippen LogP contribution in [0.25, 0.3) is 0 Å². The minimum Gasteiger partial charge on any atom is -0.463 e. The molecule has 5 fully saturated rings.